The number of rotatable bonds is 7. The van der Waals surface area contributed by atoms with Crippen LogP contribution < -0.4 is 10.0 Å². The van der Waals surface area contributed by atoms with Gasteiger partial charge in [0.1, 0.15) is 0 Å². The largest absolute Gasteiger partial charge is 0.462 e. The van der Waals surface area contributed by atoms with Crippen LogP contribution in [0.5, 0.6) is 0 Å². The first-order valence-corrected chi connectivity index (χ1v) is 10.2. The molecule has 0 heterocycles. The number of carbonyl (C=O) groups excluding carboxylic acids is 2. The number of amides is 1. The molecule has 2 aromatic carbocycles. The van der Waals surface area contributed by atoms with Crippen molar-refractivity contribution in [1.82, 2.24) is 0 Å². The third-order valence-corrected chi connectivity index (χ3v) is 5.15. The van der Waals surface area contributed by atoms with Gasteiger partial charge in [-0.1, -0.05) is 11.6 Å². The second-order valence-electron chi connectivity index (χ2n) is 5.45. The number of hydrogen-bond acceptors (Lipinski definition) is 5. The second-order valence-corrected chi connectivity index (χ2v) is 7.87. The van der Waals surface area contributed by atoms with Gasteiger partial charge >= 0.3 is 5.97 Å². The first kappa shape index (κ1) is 20.7. The summed E-state index contributed by atoms with van der Waals surface area (Å²) >= 11 is 6.12. The molecule has 0 saturated heterocycles. The van der Waals surface area contributed by atoms with Crippen LogP contribution >= 0.6 is 11.6 Å². The number of carbonyl (C=O) groups is 2. The van der Waals surface area contributed by atoms with Crippen LogP contribution in [0.2, 0.25) is 5.02 Å². The van der Waals surface area contributed by atoms with Crippen molar-refractivity contribution in [3.63, 3.8) is 0 Å². The molecule has 1 amide bonds. The molecule has 2 aromatic rings. The third-order valence-electron chi connectivity index (χ3n) is 3.53. The van der Waals surface area contributed by atoms with E-state index < -0.39 is 21.9 Å². The summed E-state index contributed by atoms with van der Waals surface area (Å²) in [5.74, 6) is -0.969. The molecule has 0 aliphatic rings. The van der Waals surface area contributed by atoms with E-state index in [0.717, 1.165) is 0 Å². The summed E-state index contributed by atoms with van der Waals surface area (Å²) < 4.78 is 30.4. The topological polar surface area (TPSA) is 102 Å². The predicted molar refractivity (Wildman–Crippen MR) is 105 cm³/mol. The molecular weight excluding hydrogens is 392 g/mol. The highest BCUT2D eigenvalue weighted by molar-refractivity contribution is 7.92. The van der Waals surface area contributed by atoms with Gasteiger partial charge in [-0.25, -0.2) is 13.2 Å². The van der Waals surface area contributed by atoms with Crippen molar-refractivity contribution in [2.75, 3.05) is 22.4 Å². The first-order valence-electron chi connectivity index (χ1n) is 8.14. The molecule has 0 radical (unpaired) electrons. The fraction of sp³-hybridized carbons (Fsp3) is 0.222. The van der Waals surface area contributed by atoms with Crippen LogP contribution in [0.25, 0.3) is 0 Å². The molecule has 27 heavy (non-hydrogen) atoms. The summed E-state index contributed by atoms with van der Waals surface area (Å²) in [6.07, 6.45) is 0. The van der Waals surface area contributed by atoms with E-state index >= 15 is 0 Å². The lowest BCUT2D eigenvalue weighted by molar-refractivity contribution is 0.0526. The number of sulfonamides is 1. The summed E-state index contributed by atoms with van der Waals surface area (Å²) in [7, 11) is -3.38. The van der Waals surface area contributed by atoms with Gasteiger partial charge in [0.25, 0.3) is 5.91 Å². The highest BCUT2D eigenvalue weighted by Crippen LogP contribution is 2.24. The Morgan fingerprint density at radius 3 is 2.22 bits per heavy atom. The molecule has 0 saturated carbocycles. The molecule has 0 unspecified atom stereocenters. The summed E-state index contributed by atoms with van der Waals surface area (Å²) in [5.41, 5.74) is 1.31. The Kier molecular flexibility index (Phi) is 6.81. The maximum atomic E-state index is 12.3. The van der Waals surface area contributed by atoms with Crippen molar-refractivity contribution >= 4 is 44.9 Å². The number of nitrogens with one attached hydrogen (secondary N) is 2. The van der Waals surface area contributed by atoms with Gasteiger partial charge in [-0.3, -0.25) is 9.52 Å². The van der Waals surface area contributed by atoms with Crippen LogP contribution in [0.1, 0.15) is 34.6 Å². The van der Waals surface area contributed by atoms with Crippen molar-refractivity contribution < 1.29 is 22.7 Å². The molecule has 0 spiro atoms. The van der Waals surface area contributed by atoms with Crippen molar-refractivity contribution in [2.24, 2.45) is 0 Å². The van der Waals surface area contributed by atoms with E-state index in [1.807, 2.05) is 0 Å². The Balaban J connectivity index is 2.10. The van der Waals surface area contributed by atoms with E-state index in [-0.39, 0.29) is 22.9 Å². The Bertz CT molecular complexity index is 943. The van der Waals surface area contributed by atoms with Crippen molar-refractivity contribution in [1.29, 1.82) is 0 Å². The number of anilines is 2. The van der Waals surface area contributed by atoms with Crippen LogP contribution in [0, 0.1) is 0 Å². The molecule has 144 valence electrons. The minimum Gasteiger partial charge on any atom is -0.462 e. The molecule has 0 aliphatic heterocycles. The monoisotopic (exact) mass is 410 g/mol. The van der Waals surface area contributed by atoms with E-state index in [1.54, 1.807) is 6.92 Å². The van der Waals surface area contributed by atoms with Crippen LogP contribution in [0.3, 0.4) is 0 Å². The van der Waals surface area contributed by atoms with Gasteiger partial charge in [0.2, 0.25) is 10.0 Å². The smallest absolute Gasteiger partial charge is 0.338 e. The van der Waals surface area contributed by atoms with Crippen LogP contribution in [0.15, 0.2) is 42.5 Å². The molecule has 0 atom stereocenters. The quantitative estimate of drug-likeness (QED) is 0.680. The summed E-state index contributed by atoms with van der Waals surface area (Å²) in [4.78, 5) is 24.0. The fourth-order valence-electron chi connectivity index (χ4n) is 2.09. The zero-order chi connectivity index (χ0) is 20.0. The summed E-state index contributed by atoms with van der Waals surface area (Å²) in [6.45, 7) is 3.48. The summed E-state index contributed by atoms with van der Waals surface area (Å²) in [5, 5.41) is 2.84. The Labute approximate surface area is 162 Å². The first-order chi connectivity index (χ1) is 12.8. The number of halogens is 1. The average molecular weight is 411 g/mol. The van der Waals surface area contributed by atoms with Gasteiger partial charge < -0.3 is 10.1 Å². The minimum atomic E-state index is -3.38. The third kappa shape index (κ3) is 5.70. The lowest BCUT2D eigenvalue weighted by atomic mass is 10.1. The van der Waals surface area contributed by atoms with Gasteiger partial charge in [0.15, 0.2) is 0 Å². The molecule has 9 heteroatoms. The molecule has 0 fully saturated rings. The number of ether oxygens (including phenoxy) is 1. The number of benzene rings is 2. The SMILES string of the molecule is CCOC(=O)c1ccc(NC(=O)c2ccc(NS(=O)(=O)CC)cc2)c(Cl)c1. The van der Waals surface area contributed by atoms with E-state index in [4.69, 9.17) is 16.3 Å². The number of esters is 1. The van der Waals surface area contributed by atoms with E-state index in [0.29, 0.717) is 16.9 Å². The van der Waals surface area contributed by atoms with Gasteiger partial charge in [-0.15, -0.1) is 0 Å². The normalized spacial score (nSPS) is 10.9. The molecule has 2 rings (SSSR count). The van der Waals surface area contributed by atoms with Crippen molar-refractivity contribution in [3.05, 3.63) is 58.6 Å². The average Bonchev–Trinajstić information content (AvgIpc) is 2.63. The molecule has 0 aliphatic carbocycles. The molecule has 7 nitrogen and oxygen atoms in total. The number of hydrogen-bond donors (Lipinski definition) is 2. The van der Waals surface area contributed by atoms with E-state index in [9.17, 15) is 18.0 Å². The highest BCUT2D eigenvalue weighted by atomic mass is 35.5. The minimum absolute atomic E-state index is 0.0461. The molecule has 0 aromatic heterocycles. The van der Waals surface area contributed by atoms with Gasteiger partial charge in [0.05, 0.1) is 28.6 Å². The fourth-order valence-corrected chi connectivity index (χ4v) is 2.96. The second kappa shape index (κ2) is 8.88. The van der Waals surface area contributed by atoms with Crippen LogP contribution in [0.4, 0.5) is 11.4 Å². The Morgan fingerprint density at radius 2 is 1.67 bits per heavy atom. The highest BCUT2D eigenvalue weighted by Gasteiger charge is 2.13. The maximum Gasteiger partial charge on any atom is 0.338 e. The molecule has 2 N–H and O–H groups in total. The molecular formula is C18H19ClN2O5S. The zero-order valence-electron chi connectivity index (χ0n) is 14.8. The zero-order valence-corrected chi connectivity index (χ0v) is 16.4. The van der Waals surface area contributed by atoms with Crippen molar-refractivity contribution in [2.45, 2.75) is 13.8 Å². The van der Waals surface area contributed by atoms with Crippen molar-refractivity contribution in [3.8, 4) is 0 Å². The van der Waals surface area contributed by atoms with E-state index in [1.165, 1.54) is 49.4 Å². The van der Waals surface area contributed by atoms with Gasteiger partial charge in [-0.2, -0.15) is 0 Å². The Morgan fingerprint density at radius 1 is 1.04 bits per heavy atom. The Hall–Kier alpha value is -2.58. The lowest BCUT2D eigenvalue weighted by Crippen LogP contribution is -2.15. The molecule has 0 bridgehead atoms. The maximum absolute atomic E-state index is 12.3. The summed E-state index contributed by atoms with van der Waals surface area (Å²) in [6, 6.07) is 10.4. The van der Waals surface area contributed by atoms with Gasteiger partial charge in [-0.05, 0) is 56.3 Å². The predicted octanol–water partition coefficient (Wildman–Crippen LogP) is 3.53. The standard InChI is InChI=1S/C18H19ClN2O5S/c1-3-26-18(23)13-7-10-16(15(19)11-13)20-17(22)12-5-8-14(9-6-12)21-27(24,25)4-2/h5-11,21H,3-4H2,1-2H3,(H,20,22). The van der Waals surface area contributed by atoms with Crippen LogP contribution in [-0.2, 0) is 14.8 Å². The van der Waals surface area contributed by atoms with Crippen LogP contribution in [-0.4, -0.2) is 32.7 Å². The van der Waals surface area contributed by atoms with Gasteiger partial charge in [0, 0.05) is 11.3 Å². The van der Waals surface area contributed by atoms with E-state index in [2.05, 4.69) is 10.0 Å². The lowest BCUT2D eigenvalue weighted by Gasteiger charge is -2.10.